The summed E-state index contributed by atoms with van der Waals surface area (Å²) in [6.45, 7) is 4.89. The predicted molar refractivity (Wildman–Crippen MR) is 127 cm³/mol. The summed E-state index contributed by atoms with van der Waals surface area (Å²) in [5, 5.41) is 2.90. The summed E-state index contributed by atoms with van der Waals surface area (Å²) >= 11 is 0. The highest BCUT2D eigenvalue weighted by Crippen LogP contribution is 2.40. The molecule has 0 atom stereocenters. The number of hydrogen-bond acceptors (Lipinski definition) is 3. The minimum absolute atomic E-state index is 0.0363. The van der Waals surface area contributed by atoms with E-state index in [4.69, 9.17) is 0 Å². The van der Waals surface area contributed by atoms with Gasteiger partial charge in [-0.15, -0.1) is 0 Å². The van der Waals surface area contributed by atoms with Crippen molar-refractivity contribution in [3.63, 3.8) is 0 Å². The van der Waals surface area contributed by atoms with Gasteiger partial charge in [-0.1, -0.05) is 24.3 Å². The highest BCUT2D eigenvalue weighted by Gasteiger charge is 2.30. The number of aryl methyl sites for hydroxylation is 1. The van der Waals surface area contributed by atoms with Crippen molar-refractivity contribution in [3.05, 3.63) is 76.9 Å². The lowest BCUT2D eigenvalue weighted by atomic mass is 9.94. The van der Waals surface area contributed by atoms with Crippen molar-refractivity contribution in [2.45, 2.75) is 6.92 Å². The van der Waals surface area contributed by atoms with Gasteiger partial charge in [0.05, 0.1) is 16.8 Å². The lowest BCUT2D eigenvalue weighted by Gasteiger charge is -2.32. The Morgan fingerprint density at radius 1 is 1.09 bits per heavy atom. The maximum atomic E-state index is 13.9. The van der Waals surface area contributed by atoms with E-state index in [0.29, 0.717) is 46.7 Å². The number of halogens is 1. The van der Waals surface area contributed by atoms with Crippen LogP contribution >= 0.6 is 0 Å². The van der Waals surface area contributed by atoms with E-state index in [2.05, 4.69) is 15.2 Å². The quantitative estimate of drug-likeness (QED) is 0.600. The Bertz CT molecular complexity index is 1290. The second-order valence-corrected chi connectivity index (χ2v) is 8.61. The normalized spacial score (nSPS) is 17.4. The highest BCUT2D eigenvalue weighted by atomic mass is 19.1. The third-order valence-corrected chi connectivity index (χ3v) is 6.36. The van der Waals surface area contributed by atoms with E-state index in [1.807, 2.05) is 43.1 Å². The van der Waals surface area contributed by atoms with Gasteiger partial charge in [0.25, 0.3) is 11.8 Å². The van der Waals surface area contributed by atoms with E-state index in [0.717, 1.165) is 24.2 Å². The summed E-state index contributed by atoms with van der Waals surface area (Å²) < 4.78 is 13.9. The molecular weight excluding hydrogens is 419 g/mol. The van der Waals surface area contributed by atoms with E-state index in [1.54, 1.807) is 18.3 Å². The summed E-state index contributed by atoms with van der Waals surface area (Å²) in [6, 6.07) is 11.9. The molecular formula is C26H25FN4O2. The molecule has 5 rings (SSSR count). The molecule has 168 valence electrons. The van der Waals surface area contributed by atoms with Crippen molar-refractivity contribution in [2.24, 2.45) is 0 Å². The number of fused-ring (bicyclic) bond motifs is 1. The SMILES string of the molecule is Cc1c[nH]c(C=C2C(=O)Nc3cccc(-c4cccc(F)c4)c32)c1C(=O)N1CCN(C)CC1. The molecule has 0 saturated carbocycles. The average Bonchev–Trinajstić information content (AvgIpc) is 3.33. The van der Waals surface area contributed by atoms with Crippen molar-refractivity contribution in [1.29, 1.82) is 0 Å². The van der Waals surface area contributed by atoms with Crippen LogP contribution in [0.3, 0.4) is 0 Å². The van der Waals surface area contributed by atoms with Crippen molar-refractivity contribution >= 4 is 29.2 Å². The Hall–Kier alpha value is -3.71. The number of nitrogens with one attached hydrogen (secondary N) is 2. The smallest absolute Gasteiger partial charge is 0.256 e. The summed E-state index contributed by atoms with van der Waals surface area (Å²) in [5.74, 6) is -0.627. The van der Waals surface area contributed by atoms with Crippen LogP contribution in [0, 0.1) is 12.7 Å². The van der Waals surface area contributed by atoms with E-state index in [9.17, 15) is 14.0 Å². The van der Waals surface area contributed by atoms with Crippen molar-refractivity contribution in [3.8, 4) is 11.1 Å². The molecule has 0 unspecified atom stereocenters. The first-order chi connectivity index (χ1) is 15.9. The second kappa shape index (κ2) is 8.33. The van der Waals surface area contributed by atoms with Crippen LogP contribution in [-0.2, 0) is 4.79 Å². The fourth-order valence-corrected chi connectivity index (χ4v) is 4.54. The van der Waals surface area contributed by atoms with Crippen molar-refractivity contribution in [1.82, 2.24) is 14.8 Å². The zero-order valence-corrected chi connectivity index (χ0v) is 18.6. The second-order valence-electron chi connectivity index (χ2n) is 8.61. The number of hydrogen-bond donors (Lipinski definition) is 2. The molecule has 2 amide bonds. The van der Waals surface area contributed by atoms with Crippen molar-refractivity contribution in [2.75, 3.05) is 38.5 Å². The summed E-state index contributed by atoms with van der Waals surface area (Å²) in [7, 11) is 2.05. The van der Waals surface area contributed by atoms with Crippen LogP contribution in [-0.4, -0.2) is 59.8 Å². The first-order valence-electron chi connectivity index (χ1n) is 11.0. The maximum absolute atomic E-state index is 13.9. The molecule has 1 fully saturated rings. The molecule has 0 aliphatic carbocycles. The van der Waals surface area contributed by atoms with Crippen LogP contribution in [0.5, 0.6) is 0 Å². The van der Waals surface area contributed by atoms with Crippen LogP contribution in [0.25, 0.3) is 22.8 Å². The number of H-pyrrole nitrogens is 1. The van der Waals surface area contributed by atoms with Gasteiger partial charge in [0.15, 0.2) is 0 Å². The number of likely N-dealkylation sites (N-methyl/N-ethyl adjacent to an activating group) is 1. The summed E-state index contributed by atoms with van der Waals surface area (Å²) in [4.78, 5) is 33.5. The summed E-state index contributed by atoms with van der Waals surface area (Å²) in [5.41, 5.74) is 5.28. The molecule has 2 aliphatic heterocycles. The van der Waals surface area contributed by atoms with E-state index < -0.39 is 0 Å². The number of amides is 2. The molecule has 33 heavy (non-hydrogen) atoms. The standard InChI is InChI=1S/C26H25FN4O2/c1-16-15-28-22(23(16)26(33)31-11-9-30(2)10-12-31)14-20-24-19(17-5-3-6-18(27)13-17)7-4-8-21(24)29-25(20)32/h3-8,13-15,28H,9-12H2,1-2H3,(H,29,32). The van der Waals surface area contributed by atoms with Crippen LogP contribution in [0.4, 0.5) is 10.1 Å². The first-order valence-corrected chi connectivity index (χ1v) is 11.0. The lowest BCUT2D eigenvalue weighted by Crippen LogP contribution is -2.47. The van der Waals surface area contributed by atoms with E-state index >= 15 is 0 Å². The number of aromatic amines is 1. The monoisotopic (exact) mass is 444 g/mol. The third-order valence-electron chi connectivity index (χ3n) is 6.36. The number of carbonyl (C=O) groups is 2. The minimum Gasteiger partial charge on any atom is -0.361 e. The van der Waals surface area contributed by atoms with Crippen molar-refractivity contribution < 1.29 is 14.0 Å². The Labute approximate surface area is 191 Å². The number of carbonyl (C=O) groups excluding carboxylic acids is 2. The molecule has 0 radical (unpaired) electrons. The van der Waals surface area contributed by atoms with Crippen LogP contribution in [0.2, 0.25) is 0 Å². The number of benzene rings is 2. The van der Waals surface area contributed by atoms with Crippen LogP contribution in [0.1, 0.15) is 27.2 Å². The van der Waals surface area contributed by atoms with Crippen LogP contribution < -0.4 is 5.32 Å². The number of aromatic nitrogens is 1. The van der Waals surface area contributed by atoms with Gasteiger partial charge in [0.2, 0.25) is 0 Å². The van der Waals surface area contributed by atoms with E-state index in [-0.39, 0.29) is 17.6 Å². The topological polar surface area (TPSA) is 68.4 Å². The number of piperazine rings is 1. The Morgan fingerprint density at radius 2 is 1.85 bits per heavy atom. The van der Waals surface area contributed by atoms with Gasteiger partial charge >= 0.3 is 0 Å². The predicted octanol–water partition coefficient (Wildman–Crippen LogP) is 4.01. The fraction of sp³-hybridized carbons (Fsp3) is 0.231. The fourth-order valence-electron chi connectivity index (χ4n) is 4.54. The molecule has 2 aliphatic rings. The highest BCUT2D eigenvalue weighted by molar-refractivity contribution is 6.36. The number of anilines is 1. The Balaban J connectivity index is 1.58. The van der Waals surface area contributed by atoms with Gasteiger partial charge in [-0.25, -0.2) is 4.39 Å². The summed E-state index contributed by atoms with van der Waals surface area (Å²) in [6.07, 6.45) is 3.53. The van der Waals surface area contributed by atoms with Gasteiger partial charge in [0.1, 0.15) is 5.82 Å². The molecule has 2 N–H and O–H groups in total. The average molecular weight is 445 g/mol. The minimum atomic E-state index is -0.340. The lowest BCUT2D eigenvalue weighted by molar-refractivity contribution is -0.110. The molecule has 0 bridgehead atoms. The molecule has 6 nitrogen and oxygen atoms in total. The Kier molecular flexibility index (Phi) is 5.34. The molecule has 3 heterocycles. The zero-order valence-electron chi connectivity index (χ0n) is 18.6. The zero-order chi connectivity index (χ0) is 23.1. The molecule has 3 aromatic rings. The van der Waals surface area contributed by atoms with E-state index in [1.165, 1.54) is 12.1 Å². The molecule has 1 saturated heterocycles. The largest absolute Gasteiger partial charge is 0.361 e. The van der Waals surface area contributed by atoms with Gasteiger partial charge in [-0.2, -0.15) is 0 Å². The molecule has 7 heteroatoms. The maximum Gasteiger partial charge on any atom is 0.256 e. The van der Waals surface area contributed by atoms with Gasteiger partial charge < -0.3 is 20.1 Å². The molecule has 1 aromatic heterocycles. The van der Waals surface area contributed by atoms with Gasteiger partial charge in [-0.3, -0.25) is 9.59 Å². The van der Waals surface area contributed by atoms with Crippen LogP contribution in [0.15, 0.2) is 48.7 Å². The number of rotatable bonds is 3. The van der Waals surface area contributed by atoms with Gasteiger partial charge in [0, 0.05) is 43.6 Å². The molecule has 2 aromatic carbocycles. The number of nitrogens with zero attached hydrogens (tertiary/aromatic N) is 2. The first kappa shape index (κ1) is 21.2. The Morgan fingerprint density at radius 3 is 2.61 bits per heavy atom. The van der Waals surface area contributed by atoms with Gasteiger partial charge in [-0.05, 0) is 54.9 Å². The third kappa shape index (κ3) is 3.85. The molecule has 0 spiro atoms.